The van der Waals surface area contributed by atoms with Crippen molar-refractivity contribution in [2.75, 3.05) is 17.0 Å². The zero-order valence-electron chi connectivity index (χ0n) is 18.1. The number of nitrogens with zero attached hydrogens (tertiary/aromatic N) is 3. The number of anilines is 2. The molecule has 1 fully saturated rings. The lowest BCUT2D eigenvalue weighted by atomic mass is 10.0. The molecule has 2 heterocycles. The number of esters is 1. The zero-order valence-corrected chi connectivity index (χ0v) is 19.7. The van der Waals surface area contributed by atoms with Gasteiger partial charge < -0.3 is 4.74 Å². The van der Waals surface area contributed by atoms with Gasteiger partial charge in [0, 0.05) is 17.3 Å². The van der Waals surface area contributed by atoms with Crippen molar-refractivity contribution < 1.29 is 14.3 Å². The van der Waals surface area contributed by atoms with Gasteiger partial charge in [-0.05, 0) is 24.6 Å². The van der Waals surface area contributed by atoms with Gasteiger partial charge in [0.25, 0.3) is 5.91 Å². The van der Waals surface area contributed by atoms with E-state index in [9.17, 15) is 14.9 Å². The van der Waals surface area contributed by atoms with Crippen molar-refractivity contribution in [3.63, 3.8) is 0 Å². The monoisotopic (exact) mass is 489 g/mol. The van der Waals surface area contributed by atoms with E-state index in [2.05, 4.69) is 27.9 Å². The third-order valence-electron chi connectivity index (χ3n) is 4.78. The number of carbonyl (C=O) groups is 2. The number of nitriles is 1. The van der Waals surface area contributed by atoms with Gasteiger partial charge in [0.05, 0.1) is 22.2 Å². The Morgan fingerprint density at radius 3 is 2.56 bits per heavy atom. The van der Waals surface area contributed by atoms with Gasteiger partial charge >= 0.3 is 5.97 Å². The molecule has 0 atom stereocenters. The smallest absolute Gasteiger partial charge is 0.341 e. The number of hydrazine groups is 1. The first-order chi connectivity index (χ1) is 16.5. The van der Waals surface area contributed by atoms with Crippen molar-refractivity contribution in [3.8, 4) is 16.5 Å². The predicted octanol–water partition coefficient (Wildman–Crippen LogP) is 5.00. The average molecular weight is 490 g/mol. The fourth-order valence-electron chi connectivity index (χ4n) is 3.32. The fraction of sp³-hybridized carbons (Fsp3) is 0.0833. The first-order valence-electron chi connectivity index (χ1n) is 10.2. The Morgan fingerprint density at radius 2 is 1.91 bits per heavy atom. The summed E-state index contributed by atoms with van der Waals surface area (Å²) in [6.45, 7) is 5.78. The van der Waals surface area contributed by atoms with Crippen molar-refractivity contribution in [1.82, 2.24) is 5.43 Å². The molecule has 1 amide bonds. The van der Waals surface area contributed by atoms with Gasteiger partial charge in [-0.3, -0.25) is 15.6 Å². The van der Waals surface area contributed by atoms with E-state index in [0.717, 1.165) is 17.3 Å². The van der Waals surface area contributed by atoms with Crippen molar-refractivity contribution in [2.24, 2.45) is 5.10 Å². The van der Waals surface area contributed by atoms with Gasteiger partial charge in [0.2, 0.25) is 0 Å². The maximum atomic E-state index is 13.0. The number of benzene rings is 2. The number of thiocyanates is 1. The molecule has 10 heteroatoms. The Bertz CT molecular complexity index is 1310. The fourth-order valence-corrected chi connectivity index (χ4v) is 5.14. The summed E-state index contributed by atoms with van der Waals surface area (Å²) in [6.07, 6.45) is 0. The Morgan fingerprint density at radius 1 is 1.24 bits per heavy atom. The van der Waals surface area contributed by atoms with Crippen LogP contribution in [-0.2, 0) is 9.53 Å². The molecule has 34 heavy (non-hydrogen) atoms. The summed E-state index contributed by atoms with van der Waals surface area (Å²) in [5, 5.41) is 17.4. The summed E-state index contributed by atoms with van der Waals surface area (Å²) in [5.74, 6) is -0.946. The van der Waals surface area contributed by atoms with E-state index in [1.54, 1.807) is 19.1 Å². The number of hydrogen-bond donors (Lipinski definition) is 2. The molecule has 1 aliphatic rings. The highest BCUT2D eigenvalue weighted by Gasteiger charge is 2.33. The molecule has 3 aromatic rings. The molecular weight excluding hydrogens is 470 g/mol. The molecule has 170 valence electrons. The summed E-state index contributed by atoms with van der Waals surface area (Å²) in [5.41, 5.74) is 8.38. The third-order valence-corrected chi connectivity index (χ3v) is 6.65. The van der Waals surface area contributed by atoms with Crippen molar-refractivity contribution in [3.05, 3.63) is 78.5 Å². The molecule has 4 rings (SSSR count). The first kappa shape index (κ1) is 23.1. The molecule has 1 saturated heterocycles. The standard InChI is InChI=1S/C24H19N5O3S2/c1-3-32-23(31)19-18(16-10-6-4-7-11-16)24(33-14-25)34-21(19)27-26-20-15(2)28-29(22(20)30)17-12-8-5-9-13-17/h4-13,27-28H,2-3H2,1H3/b26-20+. The minimum absolute atomic E-state index is 0.0720. The van der Waals surface area contributed by atoms with Gasteiger partial charge in [-0.1, -0.05) is 55.1 Å². The highest BCUT2D eigenvalue weighted by molar-refractivity contribution is 8.05. The molecule has 0 unspecified atom stereocenters. The molecule has 1 aromatic heterocycles. The maximum absolute atomic E-state index is 13.0. The van der Waals surface area contributed by atoms with Crippen LogP contribution in [-0.4, -0.2) is 24.2 Å². The number of nitrogens with one attached hydrogen (secondary N) is 2. The number of amides is 1. The number of thioether (sulfide) groups is 1. The maximum Gasteiger partial charge on any atom is 0.341 e. The number of para-hydroxylation sites is 1. The second kappa shape index (κ2) is 10.2. The second-order valence-electron chi connectivity index (χ2n) is 6.89. The summed E-state index contributed by atoms with van der Waals surface area (Å²) in [4.78, 5) is 25.9. The van der Waals surface area contributed by atoms with Crippen LogP contribution < -0.4 is 15.9 Å². The Kier molecular flexibility index (Phi) is 6.96. The molecule has 0 radical (unpaired) electrons. The van der Waals surface area contributed by atoms with Gasteiger partial charge in [-0.15, -0.1) is 11.3 Å². The summed E-state index contributed by atoms with van der Waals surface area (Å²) < 4.78 is 5.90. The lowest BCUT2D eigenvalue weighted by Gasteiger charge is -2.14. The number of carbonyl (C=O) groups excluding carboxylic acids is 2. The lowest BCUT2D eigenvalue weighted by Crippen LogP contribution is -2.34. The van der Waals surface area contributed by atoms with Crippen LogP contribution in [0.5, 0.6) is 0 Å². The van der Waals surface area contributed by atoms with Crippen LogP contribution >= 0.6 is 23.1 Å². The van der Waals surface area contributed by atoms with E-state index in [4.69, 9.17) is 4.74 Å². The number of ether oxygens (including phenoxy) is 1. The van der Waals surface area contributed by atoms with E-state index >= 15 is 0 Å². The molecule has 0 aliphatic carbocycles. The van der Waals surface area contributed by atoms with Crippen molar-refractivity contribution in [1.29, 1.82) is 5.26 Å². The van der Waals surface area contributed by atoms with E-state index in [-0.39, 0.29) is 17.9 Å². The van der Waals surface area contributed by atoms with Gasteiger partial charge in [0.15, 0.2) is 5.71 Å². The quantitative estimate of drug-likeness (QED) is 0.208. The van der Waals surface area contributed by atoms with Gasteiger partial charge in [-0.25, -0.2) is 9.80 Å². The Balaban J connectivity index is 1.74. The van der Waals surface area contributed by atoms with Gasteiger partial charge in [0.1, 0.15) is 16.0 Å². The average Bonchev–Trinajstić information content (AvgIpc) is 3.35. The van der Waals surface area contributed by atoms with Crippen molar-refractivity contribution >= 4 is 51.4 Å². The number of hydrazone groups is 1. The van der Waals surface area contributed by atoms with E-state index in [1.165, 1.54) is 16.3 Å². The molecule has 1 aliphatic heterocycles. The molecule has 2 aromatic carbocycles. The highest BCUT2D eigenvalue weighted by Crippen LogP contribution is 2.45. The van der Waals surface area contributed by atoms with Crippen LogP contribution in [0.3, 0.4) is 0 Å². The first-order valence-corrected chi connectivity index (χ1v) is 11.8. The lowest BCUT2D eigenvalue weighted by molar-refractivity contribution is -0.112. The molecule has 8 nitrogen and oxygen atoms in total. The predicted molar refractivity (Wildman–Crippen MR) is 134 cm³/mol. The van der Waals surface area contributed by atoms with Crippen molar-refractivity contribution in [2.45, 2.75) is 11.1 Å². The van der Waals surface area contributed by atoms with Crippen LogP contribution in [0, 0.1) is 10.7 Å². The summed E-state index contributed by atoms with van der Waals surface area (Å²) >= 11 is 2.14. The Hall–Kier alpha value is -4.07. The van der Waals surface area contributed by atoms with E-state index in [1.807, 2.05) is 48.5 Å². The van der Waals surface area contributed by atoms with Crippen LogP contribution in [0.25, 0.3) is 11.1 Å². The van der Waals surface area contributed by atoms with Crippen LogP contribution in [0.2, 0.25) is 0 Å². The second-order valence-corrected chi connectivity index (χ2v) is 8.96. The third kappa shape index (κ3) is 4.52. The largest absolute Gasteiger partial charge is 0.462 e. The van der Waals surface area contributed by atoms with E-state index in [0.29, 0.717) is 26.2 Å². The molecule has 0 bridgehead atoms. The SMILES string of the molecule is C=C1NN(c2ccccc2)C(=O)/C1=N/Nc1sc(SC#N)c(-c2ccccc2)c1C(=O)OCC. The summed E-state index contributed by atoms with van der Waals surface area (Å²) in [7, 11) is 0. The normalized spacial score (nSPS) is 14.1. The number of thiophene rings is 1. The zero-order chi connectivity index (χ0) is 24.1. The number of hydrogen-bond acceptors (Lipinski definition) is 9. The minimum Gasteiger partial charge on any atom is -0.462 e. The van der Waals surface area contributed by atoms with Crippen LogP contribution in [0.4, 0.5) is 10.7 Å². The topological polar surface area (TPSA) is 107 Å². The minimum atomic E-state index is -0.550. The molecular formula is C24H19N5O3S2. The van der Waals surface area contributed by atoms with Crippen LogP contribution in [0.15, 0.2) is 82.3 Å². The Labute approximate surface area is 204 Å². The van der Waals surface area contributed by atoms with Crippen LogP contribution in [0.1, 0.15) is 17.3 Å². The molecule has 2 N–H and O–H groups in total. The molecule has 0 saturated carbocycles. The highest BCUT2D eigenvalue weighted by atomic mass is 32.2. The summed E-state index contributed by atoms with van der Waals surface area (Å²) in [6, 6.07) is 18.3. The van der Waals surface area contributed by atoms with E-state index < -0.39 is 11.9 Å². The number of rotatable bonds is 7. The van der Waals surface area contributed by atoms with Gasteiger partial charge in [-0.2, -0.15) is 10.4 Å². The molecule has 0 spiro atoms.